The monoisotopic (exact) mass is 271 g/mol. The van der Waals surface area contributed by atoms with Gasteiger partial charge in [-0.3, -0.25) is 4.98 Å². The molecular formula is C16H17NO3. The molecule has 0 amide bonds. The smallest absolute Gasteiger partial charge is 0.161 e. The van der Waals surface area contributed by atoms with Gasteiger partial charge in [0.05, 0.1) is 14.2 Å². The standard InChI is InChI=1S/C16H17NO3/c1-19-15-6-5-13(9-16(15)20-2)14(11-18)8-12-4-3-7-17-10-12/h3-7,9-11,14H,8H2,1-2H3. The maximum Gasteiger partial charge on any atom is 0.161 e. The second-order valence-corrected chi connectivity index (χ2v) is 4.42. The van der Waals surface area contributed by atoms with E-state index >= 15 is 0 Å². The molecule has 1 unspecified atom stereocenters. The first-order valence-electron chi connectivity index (χ1n) is 6.34. The number of carbonyl (C=O) groups excluding carboxylic acids is 1. The minimum absolute atomic E-state index is 0.223. The van der Waals surface area contributed by atoms with Crippen LogP contribution in [0.4, 0.5) is 0 Å². The number of rotatable bonds is 6. The Bertz CT molecular complexity index is 569. The van der Waals surface area contributed by atoms with Crippen LogP contribution >= 0.6 is 0 Å². The van der Waals surface area contributed by atoms with Crippen molar-refractivity contribution in [3.8, 4) is 11.5 Å². The van der Waals surface area contributed by atoms with Crippen molar-refractivity contribution in [2.24, 2.45) is 0 Å². The summed E-state index contributed by atoms with van der Waals surface area (Å²) in [4.78, 5) is 15.4. The van der Waals surface area contributed by atoms with Gasteiger partial charge in [-0.2, -0.15) is 0 Å². The van der Waals surface area contributed by atoms with Crippen molar-refractivity contribution in [3.05, 3.63) is 53.9 Å². The van der Waals surface area contributed by atoms with E-state index in [1.807, 2.05) is 30.3 Å². The molecule has 0 fully saturated rings. The number of hydrogen-bond donors (Lipinski definition) is 0. The van der Waals surface area contributed by atoms with Crippen LogP contribution in [-0.2, 0) is 11.2 Å². The molecule has 0 N–H and O–H groups in total. The van der Waals surface area contributed by atoms with Crippen molar-refractivity contribution in [1.29, 1.82) is 0 Å². The Labute approximate surface area is 118 Å². The summed E-state index contributed by atoms with van der Waals surface area (Å²) in [7, 11) is 3.17. The van der Waals surface area contributed by atoms with E-state index in [0.717, 1.165) is 17.4 Å². The van der Waals surface area contributed by atoms with Crippen LogP contribution in [-0.4, -0.2) is 25.5 Å². The summed E-state index contributed by atoms with van der Waals surface area (Å²) < 4.78 is 10.5. The minimum Gasteiger partial charge on any atom is -0.493 e. The van der Waals surface area contributed by atoms with Crippen LogP contribution in [0.3, 0.4) is 0 Å². The minimum atomic E-state index is -0.223. The quantitative estimate of drug-likeness (QED) is 0.758. The highest BCUT2D eigenvalue weighted by atomic mass is 16.5. The van der Waals surface area contributed by atoms with Crippen LogP contribution < -0.4 is 9.47 Å². The lowest BCUT2D eigenvalue weighted by Gasteiger charge is -2.14. The first-order valence-corrected chi connectivity index (χ1v) is 6.34. The van der Waals surface area contributed by atoms with Crippen molar-refractivity contribution in [2.45, 2.75) is 12.3 Å². The normalized spacial score (nSPS) is 11.7. The predicted octanol–water partition coefficient (Wildman–Crippen LogP) is 2.62. The topological polar surface area (TPSA) is 48.4 Å². The number of pyridine rings is 1. The third-order valence-corrected chi connectivity index (χ3v) is 3.18. The van der Waals surface area contributed by atoms with Crippen LogP contribution in [0.5, 0.6) is 11.5 Å². The molecule has 1 aromatic carbocycles. The van der Waals surface area contributed by atoms with E-state index in [9.17, 15) is 4.79 Å². The summed E-state index contributed by atoms with van der Waals surface area (Å²) in [6, 6.07) is 9.37. The second-order valence-electron chi connectivity index (χ2n) is 4.42. The zero-order valence-electron chi connectivity index (χ0n) is 11.6. The maximum atomic E-state index is 11.4. The highest BCUT2D eigenvalue weighted by Crippen LogP contribution is 2.31. The summed E-state index contributed by atoms with van der Waals surface area (Å²) in [5.41, 5.74) is 1.93. The number of aromatic nitrogens is 1. The van der Waals surface area contributed by atoms with Crippen LogP contribution in [0.2, 0.25) is 0 Å². The molecule has 4 nitrogen and oxygen atoms in total. The van der Waals surface area contributed by atoms with Gasteiger partial charge < -0.3 is 14.3 Å². The van der Waals surface area contributed by atoms with Gasteiger partial charge in [-0.25, -0.2) is 0 Å². The third-order valence-electron chi connectivity index (χ3n) is 3.18. The summed E-state index contributed by atoms with van der Waals surface area (Å²) in [5.74, 6) is 1.06. The molecule has 0 spiro atoms. The summed E-state index contributed by atoms with van der Waals surface area (Å²) in [5, 5.41) is 0. The number of methoxy groups -OCH3 is 2. The molecule has 0 aliphatic carbocycles. The SMILES string of the molecule is COc1ccc(C(C=O)Cc2cccnc2)cc1OC. The van der Waals surface area contributed by atoms with Gasteiger partial charge in [0.25, 0.3) is 0 Å². The predicted molar refractivity (Wildman–Crippen MR) is 76.3 cm³/mol. The van der Waals surface area contributed by atoms with Gasteiger partial charge in [-0.1, -0.05) is 12.1 Å². The van der Waals surface area contributed by atoms with Crippen molar-refractivity contribution in [1.82, 2.24) is 4.98 Å². The molecule has 1 heterocycles. The van der Waals surface area contributed by atoms with Crippen LogP contribution in [0.15, 0.2) is 42.7 Å². The first-order chi connectivity index (χ1) is 9.78. The molecule has 0 bridgehead atoms. The highest BCUT2D eigenvalue weighted by Gasteiger charge is 2.14. The number of nitrogens with zero attached hydrogens (tertiary/aromatic N) is 1. The summed E-state index contributed by atoms with van der Waals surface area (Å²) in [6.07, 6.45) is 5.06. The Morgan fingerprint density at radius 1 is 1.20 bits per heavy atom. The molecule has 20 heavy (non-hydrogen) atoms. The molecule has 0 saturated heterocycles. The van der Waals surface area contributed by atoms with E-state index in [0.29, 0.717) is 17.9 Å². The summed E-state index contributed by atoms with van der Waals surface area (Å²) >= 11 is 0. The van der Waals surface area contributed by atoms with E-state index in [4.69, 9.17) is 9.47 Å². The van der Waals surface area contributed by atoms with Gasteiger partial charge in [0.15, 0.2) is 11.5 Å². The molecule has 2 rings (SSSR count). The fourth-order valence-corrected chi connectivity index (χ4v) is 2.10. The molecular weight excluding hydrogens is 254 g/mol. The fraction of sp³-hybridized carbons (Fsp3) is 0.250. The van der Waals surface area contributed by atoms with Crippen LogP contribution in [0.1, 0.15) is 17.0 Å². The summed E-state index contributed by atoms with van der Waals surface area (Å²) in [6.45, 7) is 0. The van der Waals surface area contributed by atoms with Gasteiger partial charge in [-0.15, -0.1) is 0 Å². The van der Waals surface area contributed by atoms with Gasteiger partial charge in [0.1, 0.15) is 6.29 Å². The fourth-order valence-electron chi connectivity index (χ4n) is 2.10. The van der Waals surface area contributed by atoms with E-state index in [-0.39, 0.29) is 5.92 Å². The Kier molecular flexibility index (Phi) is 4.71. The molecule has 1 aromatic heterocycles. The Balaban J connectivity index is 2.25. The van der Waals surface area contributed by atoms with Gasteiger partial charge in [0, 0.05) is 18.3 Å². The zero-order valence-corrected chi connectivity index (χ0v) is 11.6. The lowest BCUT2D eigenvalue weighted by atomic mass is 9.93. The molecule has 0 aliphatic heterocycles. The lowest BCUT2D eigenvalue weighted by Crippen LogP contribution is -2.05. The Morgan fingerprint density at radius 3 is 2.60 bits per heavy atom. The van der Waals surface area contributed by atoms with Crippen molar-refractivity contribution in [2.75, 3.05) is 14.2 Å². The number of ether oxygens (including phenoxy) is 2. The highest BCUT2D eigenvalue weighted by molar-refractivity contribution is 5.64. The molecule has 4 heteroatoms. The molecule has 0 saturated carbocycles. The van der Waals surface area contributed by atoms with Crippen LogP contribution in [0.25, 0.3) is 0 Å². The van der Waals surface area contributed by atoms with Crippen LogP contribution in [0, 0.1) is 0 Å². The van der Waals surface area contributed by atoms with Crippen molar-refractivity contribution < 1.29 is 14.3 Å². The van der Waals surface area contributed by atoms with E-state index in [1.165, 1.54) is 0 Å². The molecule has 2 aromatic rings. The average molecular weight is 271 g/mol. The molecule has 104 valence electrons. The van der Waals surface area contributed by atoms with E-state index in [2.05, 4.69) is 4.98 Å². The Hall–Kier alpha value is -2.36. The molecule has 0 aliphatic rings. The molecule has 1 atom stereocenters. The first kappa shape index (κ1) is 14.1. The number of benzene rings is 1. The van der Waals surface area contributed by atoms with E-state index in [1.54, 1.807) is 26.6 Å². The molecule has 0 radical (unpaired) electrons. The van der Waals surface area contributed by atoms with Gasteiger partial charge in [-0.05, 0) is 35.7 Å². The number of aldehydes is 1. The van der Waals surface area contributed by atoms with Crippen molar-refractivity contribution in [3.63, 3.8) is 0 Å². The number of carbonyl (C=O) groups is 1. The second kappa shape index (κ2) is 6.70. The van der Waals surface area contributed by atoms with Gasteiger partial charge in [0.2, 0.25) is 0 Å². The Morgan fingerprint density at radius 2 is 2.00 bits per heavy atom. The lowest BCUT2D eigenvalue weighted by molar-refractivity contribution is -0.109. The zero-order chi connectivity index (χ0) is 14.4. The largest absolute Gasteiger partial charge is 0.493 e. The third kappa shape index (κ3) is 3.15. The van der Waals surface area contributed by atoms with Crippen molar-refractivity contribution >= 4 is 6.29 Å². The number of hydrogen-bond acceptors (Lipinski definition) is 4. The van der Waals surface area contributed by atoms with Gasteiger partial charge >= 0.3 is 0 Å². The van der Waals surface area contributed by atoms with E-state index < -0.39 is 0 Å². The average Bonchev–Trinajstić information content (AvgIpc) is 2.53. The maximum absolute atomic E-state index is 11.4.